The van der Waals surface area contributed by atoms with Crippen molar-refractivity contribution in [1.29, 1.82) is 0 Å². The van der Waals surface area contributed by atoms with Gasteiger partial charge in [0.15, 0.2) is 0 Å². The molecule has 0 aliphatic carbocycles. The van der Waals surface area contributed by atoms with Crippen LogP contribution < -0.4 is 0 Å². The molecule has 1 aliphatic rings. The lowest BCUT2D eigenvalue weighted by Gasteiger charge is -2.21. The van der Waals surface area contributed by atoms with E-state index in [4.69, 9.17) is 0 Å². The summed E-state index contributed by atoms with van der Waals surface area (Å²) >= 11 is 3.99. The van der Waals surface area contributed by atoms with Gasteiger partial charge in [0.2, 0.25) is 0 Å². The van der Waals surface area contributed by atoms with Crippen LogP contribution in [-0.4, -0.2) is 53.6 Å². The minimum atomic E-state index is 0.908. The summed E-state index contributed by atoms with van der Waals surface area (Å²) in [5.74, 6) is 4.79. The van der Waals surface area contributed by atoms with Gasteiger partial charge in [0.05, 0.1) is 17.9 Å². The maximum Gasteiger partial charge on any atom is 0.0997 e. The second kappa shape index (κ2) is 9.77. The second-order valence-electron chi connectivity index (χ2n) is 3.63. The third-order valence-electron chi connectivity index (χ3n) is 2.36. The zero-order valence-corrected chi connectivity index (χ0v) is 12.3. The molecule has 0 aromatic rings. The number of thioether (sulfide) groups is 2. The molecule has 0 N–H and O–H groups in total. The quantitative estimate of drug-likeness (QED) is 0.572. The molecule has 17 heavy (non-hydrogen) atoms. The molecular weight excluding hydrogens is 250 g/mol. The number of rotatable bonds is 10. The van der Waals surface area contributed by atoms with Gasteiger partial charge in [-0.05, 0) is 11.5 Å². The van der Waals surface area contributed by atoms with Crippen molar-refractivity contribution in [2.24, 2.45) is 9.98 Å². The molecule has 0 aromatic carbocycles. The molecule has 0 radical (unpaired) electrons. The first-order valence-corrected chi connectivity index (χ1v) is 8.40. The van der Waals surface area contributed by atoms with E-state index in [1.54, 1.807) is 0 Å². The second-order valence-corrected chi connectivity index (χ2v) is 6.42. The lowest BCUT2D eigenvalue weighted by Crippen LogP contribution is -2.30. The Labute approximate surface area is 113 Å². The average molecular weight is 271 g/mol. The van der Waals surface area contributed by atoms with Crippen molar-refractivity contribution in [3.63, 3.8) is 0 Å². The summed E-state index contributed by atoms with van der Waals surface area (Å²) in [6.07, 6.45) is 1.81. The molecule has 1 rings (SSSR count). The predicted octanol–water partition coefficient (Wildman–Crippen LogP) is 2.82. The van der Waals surface area contributed by atoms with Crippen LogP contribution >= 0.6 is 23.5 Å². The topological polar surface area (TPSA) is 28.0 Å². The first-order chi connectivity index (χ1) is 8.36. The van der Waals surface area contributed by atoms with Gasteiger partial charge in [0.1, 0.15) is 0 Å². The van der Waals surface area contributed by atoms with Gasteiger partial charge in [-0.2, -0.15) is 33.5 Å². The Morgan fingerprint density at radius 3 is 2.29 bits per heavy atom. The van der Waals surface area contributed by atoms with Crippen molar-refractivity contribution in [3.05, 3.63) is 11.9 Å². The summed E-state index contributed by atoms with van der Waals surface area (Å²) in [4.78, 5) is 10.5. The molecule has 0 fully saturated rings. The molecule has 5 heteroatoms. The fourth-order valence-electron chi connectivity index (χ4n) is 1.48. The highest BCUT2D eigenvalue weighted by molar-refractivity contribution is 7.99. The summed E-state index contributed by atoms with van der Waals surface area (Å²) in [7, 11) is 0. The van der Waals surface area contributed by atoms with Gasteiger partial charge in [-0.3, -0.25) is 4.90 Å². The molecule has 0 aromatic heterocycles. The largest absolute Gasteiger partial charge is 0.296 e. The van der Waals surface area contributed by atoms with E-state index in [0.29, 0.717) is 0 Å². The zero-order valence-electron chi connectivity index (χ0n) is 10.7. The standard InChI is InChI=1S/C12H21N3S2/c1-3-16-7-5-15(6-8-17-4-2)10-12-9-13-11-14-12/h9H,3-8,10H2,1-2H3. The van der Waals surface area contributed by atoms with E-state index < -0.39 is 0 Å². The van der Waals surface area contributed by atoms with E-state index in [1.807, 2.05) is 29.7 Å². The molecule has 0 saturated heterocycles. The highest BCUT2D eigenvalue weighted by Gasteiger charge is 2.08. The van der Waals surface area contributed by atoms with Crippen molar-refractivity contribution in [2.45, 2.75) is 13.8 Å². The van der Waals surface area contributed by atoms with Gasteiger partial charge in [-0.25, -0.2) is 0 Å². The van der Waals surface area contributed by atoms with E-state index in [2.05, 4.69) is 34.7 Å². The summed E-state index contributed by atoms with van der Waals surface area (Å²) in [5.41, 5.74) is 1.04. The van der Waals surface area contributed by atoms with Crippen LogP contribution in [0.15, 0.2) is 21.9 Å². The van der Waals surface area contributed by atoms with Gasteiger partial charge >= 0.3 is 0 Å². The fourth-order valence-corrected chi connectivity index (χ4v) is 2.83. The SMILES string of the molecule is CCSCCN(CCSCC)CC1=CN=C=N1. The van der Waals surface area contributed by atoms with E-state index in [0.717, 1.165) is 25.3 Å². The van der Waals surface area contributed by atoms with E-state index in [1.165, 1.54) is 23.0 Å². The molecule has 1 aliphatic heterocycles. The van der Waals surface area contributed by atoms with Crippen LogP contribution in [-0.2, 0) is 0 Å². The smallest absolute Gasteiger partial charge is 0.0997 e. The van der Waals surface area contributed by atoms with Crippen LogP contribution in [0.5, 0.6) is 0 Å². The van der Waals surface area contributed by atoms with Crippen molar-refractivity contribution in [3.8, 4) is 0 Å². The summed E-state index contributed by atoms with van der Waals surface area (Å²) in [6, 6.07) is 2.63. The minimum Gasteiger partial charge on any atom is -0.296 e. The van der Waals surface area contributed by atoms with Crippen LogP contribution in [0.1, 0.15) is 13.8 Å². The molecule has 1 heterocycles. The van der Waals surface area contributed by atoms with Gasteiger partial charge in [-0.15, -0.1) is 0 Å². The Kier molecular flexibility index (Phi) is 8.53. The zero-order chi connectivity index (χ0) is 12.3. The summed E-state index contributed by atoms with van der Waals surface area (Å²) < 4.78 is 0. The van der Waals surface area contributed by atoms with E-state index >= 15 is 0 Å². The lowest BCUT2D eigenvalue weighted by molar-refractivity contribution is 0.334. The monoisotopic (exact) mass is 271 g/mol. The minimum absolute atomic E-state index is 0.908. The molecule has 0 spiro atoms. The maximum absolute atomic E-state index is 4.12. The van der Waals surface area contributed by atoms with E-state index in [9.17, 15) is 0 Å². The van der Waals surface area contributed by atoms with Crippen LogP contribution in [0, 0.1) is 0 Å². The fraction of sp³-hybridized carbons (Fsp3) is 0.750. The Hall–Kier alpha value is -0.220. The normalized spacial score (nSPS) is 13.7. The molecular formula is C12H21N3S2. The first-order valence-electron chi connectivity index (χ1n) is 6.09. The number of nitrogens with zero attached hydrogens (tertiary/aromatic N) is 3. The molecule has 0 bridgehead atoms. The van der Waals surface area contributed by atoms with Crippen LogP contribution in [0.3, 0.4) is 0 Å². The lowest BCUT2D eigenvalue weighted by atomic mass is 10.4. The summed E-state index contributed by atoms with van der Waals surface area (Å²) in [5, 5.41) is 0. The van der Waals surface area contributed by atoms with Gasteiger partial charge in [0, 0.05) is 31.1 Å². The molecule has 0 amide bonds. The van der Waals surface area contributed by atoms with Crippen molar-refractivity contribution in [1.82, 2.24) is 4.90 Å². The van der Waals surface area contributed by atoms with Crippen molar-refractivity contribution >= 4 is 29.5 Å². The third-order valence-corrected chi connectivity index (χ3v) is 4.12. The highest BCUT2D eigenvalue weighted by atomic mass is 32.2. The predicted molar refractivity (Wildman–Crippen MR) is 80.4 cm³/mol. The van der Waals surface area contributed by atoms with Gasteiger partial charge in [0.25, 0.3) is 0 Å². The third kappa shape index (κ3) is 6.94. The molecule has 0 unspecified atom stereocenters. The van der Waals surface area contributed by atoms with E-state index in [-0.39, 0.29) is 0 Å². The van der Waals surface area contributed by atoms with Crippen LogP contribution in [0.25, 0.3) is 0 Å². The summed E-state index contributed by atoms with van der Waals surface area (Å²) in [6.45, 7) is 7.59. The maximum atomic E-state index is 4.12. The van der Waals surface area contributed by atoms with Gasteiger partial charge < -0.3 is 0 Å². The molecule has 0 saturated carbocycles. The van der Waals surface area contributed by atoms with Crippen LogP contribution in [0.2, 0.25) is 0 Å². The number of aliphatic imine (C=N–C) groups is 2. The van der Waals surface area contributed by atoms with Gasteiger partial charge in [-0.1, -0.05) is 13.8 Å². The Balaban J connectivity index is 2.27. The molecule has 3 nitrogen and oxygen atoms in total. The highest BCUT2D eigenvalue weighted by Crippen LogP contribution is 2.08. The average Bonchev–Trinajstić information content (AvgIpc) is 2.82. The Morgan fingerprint density at radius 2 is 1.82 bits per heavy atom. The Morgan fingerprint density at radius 1 is 1.18 bits per heavy atom. The van der Waals surface area contributed by atoms with Crippen LogP contribution in [0.4, 0.5) is 0 Å². The number of hydrogen-bond donors (Lipinski definition) is 0. The molecule has 0 atom stereocenters. The van der Waals surface area contributed by atoms with Crippen molar-refractivity contribution < 1.29 is 0 Å². The Bertz CT molecular complexity index is 286. The van der Waals surface area contributed by atoms with Crippen molar-refractivity contribution in [2.75, 3.05) is 42.6 Å². The first kappa shape index (κ1) is 14.8. The number of hydrogen-bond acceptors (Lipinski definition) is 5. The molecule has 96 valence electrons.